The summed E-state index contributed by atoms with van der Waals surface area (Å²) >= 11 is 11.8. The molecule has 0 aliphatic carbocycles. The van der Waals surface area contributed by atoms with E-state index in [4.69, 9.17) is 27.9 Å². The molecule has 0 unspecified atom stereocenters. The minimum absolute atomic E-state index is 0.203. The first-order valence-electron chi connectivity index (χ1n) is 7.61. The van der Waals surface area contributed by atoms with E-state index in [9.17, 15) is 9.59 Å². The monoisotopic (exact) mass is 393 g/mol. The van der Waals surface area contributed by atoms with Crippen LogP contribution in [0.2, 0.25) is 10.0 Å². The molecule has 0 heterocycles. The Balaban J connectivity index is 1.83. The van der Waals surface area contributed by atoms with E-state index in [1.807, 2.05) is 0 Å². The van der Waals surface area contributed by atoms with Crippen LogP contribution in [0.15, 0.2) is 55.1 Å². The van der Waals surface area contributed by atoms with Gasteiger partial charge in [-0.1, -0.05) is 29.3 Å². The minimum Gasteiger partial charge on any atom is -0.482 e. The number of halogens is 2. The molecule has 3 N–H and O–H groups in total. The molecule has 136 valence electrons. The lowest BCUT2D eigenvalue weighted by atomic mass is 10.3. The molecule has 0 aliphatic rings. The summed E-state index contributed by atoms with van der Waals surface area (Å²) in [5, 5.41) is 8.75. The van der Waals surface area contributed by atoms with Crippen LogP contribution in [0.25, 0.3) is 0 Å². The maximum atomic E-state index is 12.0. The molecule has 2 aromatic rings. The average Bonchev–Trinajstić information content (AvgIpc) is 2.61. The van der Waals surface area contributed by atoms with Gasteiger partial charge in [0.05, 0.1) is 5.02 Å². The topological polar surface area (TPSA) is 79.5 Å². The molecular weight excluding hydrogens is 377 g/mol. The number of rotatable bonds is 7. The van der Waals surface area contributed by atoms with Crippen molar-refractivity contribution in [2.75, 3.05) is 23.8 Å². The second-order valence-electron chi connectivity index (χ2n) is 5.11. The predicted molar refractivity (Wildman–Crippen MR) is 104 cm³/mol. The van der Waals surface area contributed by atoms with E-state index in [2.05, 4.69) is 22.5 Å². The number of benzene rings is 2. The number of carbonyl (C=O) groups excluding carboxylic acids is 2. The number of amides is 3. The highest BCUT2D eigenvalue weighted by atomic mass is 35.5. The predicted octanol–water partition coefficient (Wildman–Crippen LogP) is 4.32. The van der Waals surface area contributed by atoms with Crippen LogP contribution in [0.4, 0.5) is 16.2 Å². The third-order valence-electron chi connectivity index (χ3n) is 3.09. The maximum absolute atomic E-state index is 12.0. The fourth-order valence-corrected chi connectivity index (χ4v) is 2.37. The standard InChI is InChI=1S/C18H17Cl2N3O3/c1-2-9-21-18(25)23-14-6-4-13(5-7-14)22-17(24)11-26-16-8-3-12(19)10-15(16)20/h2-8,10H,1,9,11H2,(H,22,24)(H2,21,23,25). The van der Waals surface area contributed by atoms with Gasteiger partial charge in [-0.3, -0.25) is 4.79 Å². The fourth-order valence-electron chi connectivity index (χ4n) is 1.91. The molecule has 0 aromatic heterocycles. The molecule has 2 rings (SSSR count). The molecule has 0 radical (unpaired) electrons. The van der Waals surface area contributed by atoms with Crippen LogP contribution >= 0.6 is 23.2 Å². The Labute approximate surface area is 161 Å². The number of anilines is 2. The molecule has 0 spiro atoms. The molecule has 0 bridgehead atoms. The van der Waals surface area contributed by atoms with Gasteiger partial charge in [-0.25, -0.2) is 4.79 Å². The summed E-state index contributed by atoms with van der Waals surface area (Å²) in [6.45, 7) is 3.69. The van der Waals surface area contributed by atoms with Crippen LogP contribution in [-0.2, 0) is 4.79 Å². The fraction of sp³-hybridized carbons (Fsp3) is 0.111. The van der Waals surface area contributed by atoms with Gasteiger partial charge < -0.3 is 20.7 Å². The van der Waals surface area contributed by atoms with E-state index in [1.165, 1.54) is 6.07 Å². The van der Waals surface area contributed by atoms with Crippen LogP contribution in [0.5, 0.6) is 5.75 Å². The van der Waals surface area contributed by atoms with Gasteiger partial charge in [0.15, 0.2) is 6.61 Å². The van der Waals surface area contributed by atoms with Crippen molar-refractivity contribution < 1.29 is 14.3 Å². The zero-order valence-electron chi connectivity index (χ0n) is 13.7. The Kier molecular flexibility index (Phi) is 7.32. The first kappa shape index (κ1) is 19.6. The first-order chi connectivity index (χ1) is 12.5. The van der Waals surface area contributed by atoms with E-state index in [0.29, 0.717) is 33.7 Å². The van der Waals surface area contributed by atoms with Crippen molar-refractivity contribution in [2.24, 2.45) is 0 Å². The van der Waals surface area contributed by atoms with Gasteiger partial charge in [-0.2, -0.15) is 0 Å². The molecule has 0 aliphatic heterocycles. The van der Waals surface area contributed by atoms with E-state index >= 15 is 0 Å². The maximum Gasteiger partial charge on any atom is 0.319 e. The van der Waals surface area contributed by atoms with Crippen molar-refractivity contribution in [1.29, 1.82) is 0 Å². The first-order valence-corrected chi connectivity index (χ1v) is 8.37. The lowest BCUT2D eigenvalue weighted by molar-refractivity contribution is -0.118. The highest BCUT2D eigenvalue weighted by Gasteiger charge is 2.07. The van der Waals surface area contributed by atoms with Crippen molar-refractivity contribution in [3.63, 3.8) is 0 Å². The van der Waals surface area contributed by atoms with E-state index in [0.717, 1.165) is 0 Å². The zero-order chi connectivity index (χ0) is 18.9. The van der Waals surface area contributed by atoms with Crippen molar-refractivity contribution in [3.05, 3.63) is 65.2 Å². The van der Waals surface area contributed by atoms with Gasteiger partial charge in [0.25, 0.3) is 5.91 Å². The Morgan fingerprint density at radius 3 is 2.31 bits per heavy atom. The molecule has 0 fully saturated rings. The number of carbonyl (C=O) groups is 2. The summed E-state index contributed by atoms with van der Waals surface area (Å²) in [6.07, 6.45) is 1.58. The van der Waals surface area contributed by atoms with Gasteiger partial charge in [-0.05, 0) is 42.5 Å². The molecule has 2 aromatic carbocycles. The Hall–Kier alpha value is -2.70. The molecular formula is C18H17Cl2N3O3. The third-order valence-corrected chi connectivity index (χ3v) is 3.62. The molecule has 8 heteroatoms. The number of ether oxygens (including phenoxy) is 1. The van der Waals surface area contributed by atoms with Crippen LogP contribution in [0.1, 0.15) is 0 Å². The third kappa shape index (κ3) is 6.31. The Morgan fingerprint density at radius 2 is 1.69 bits per heavy atom. The van der Waals surface area contributed by atoms with Crippen LogP contribution in [0.3, 0.4) is 0 Å². The highest BCUT2D eigenvalue weighted by Crippen LogP contribution is 2.27. The lowest BCUT2D eigenvalue weighted by Gasteiger charge is -2.10. The second kappa shape index (κ2) is 9.70. The Bertz CT molecular complexity index is 795. The van der Waals surface area contributed by atoms with Crippen molar-refractivity contribution in [1.82, 2.24) is 5.32 Å². The number of hydrogen-bond acceptors (Lipinski definition) is 3. The summed E-state index contributed by atoms with van der Waals surface area (Å²) in [4.78, 5) is 23.5. The smallest absolute Gasteiger partial charge is 0.319 e. The van der Waals surface area contributed by atoms with Crippen molar-refractivity contribution in [2.45, 2.75) is 0 Å². The lowest BCUT2D eigenvalue weighted by Crippen LogP contribution is -2.28. The Morgan fingerprint density at radius 1 is 1.04 bits per heavy atom. The summed E-state index contributed by atoms with van der Waals surface area (Å²) < 4.78 is 5.36. The molecule has 3 amide bonds. The van der Waals surface area contributed by atoms with E-state index in [1.54, 1.807) is 42.5 Å². The SMILES string of the molecule is C=CCNC(=O)Nc1ccc(NC(=O)COc2ccc(Cl)cc2Cl)cc1. The summed E-state index contributed by atoms with van der Waals surface area (Å²) in [6, 6.07) is 11.1. The summed E-state index contributed by atoms with van der Waals surface area (Å²) in [5.74, 6) is 0.0248. The largest absolute Gasteiger partial charge is 0.482 e. The average molecular weight is 394 g/mol. The van der Waals surface area contributed by atoms with E-state index < -0.39 is 0 Å². The van der Waals surface area contributed by atoms with Gasteiger partial charge in [0, 0.05) is 22.9 Å². The van der Waals surface area contributed by atoms with Crippen LogP contribution < -0.4 is 20.7 Å². The minimum atomic E-state index is -0.347. The zero-order valence-corrected chi connectivity index (χ0v) is 15.2. The van der Waals surface area contributed by atoms with Crippen LogP contribution in [-0.4, -0.2) is 25.1 Å². The van der Waals surface area contributed by atoms with Crippen molar-refractivity contribution in [3.8, 4) is 5.75 Å². The molecule has 0 saturated heterocycles. The number of hydrogen-bond donors (Lipinski definition) is 3. The number of nitrogens with one attached hydrogen (secondary N) is 3. The molecule has 6 nitrogen and oxygen atoms in total. The molecule has 26 heavy (non-hydrogen) atoms. The molecule has 0 saturated carbocycles. The quantitative estimate of drug-likeness (QED) is 0.612. The van der Waals surface area contributed by atoms with Gasteiger partial charge in [0.1, 0.15) is 5.75 Å². The van der Waals surface area contributed by atoms with E-state index in [-0.39, 0.29) is 18.5 Å². The van der Waals surface area contributed by atoms with Gasteiger partial charge in [-0.15, -0.1) is 6.58 Å². The highest BCUT2D eigenvalue weighted by molar-refractivity contribution is 6.35. The van der Waals surface area contributed by atoms with Gasteiger partial charge in [0.2, 0.25) is 0 Å². The van der Waals surface area contributed by atoms with Crippen LogP contribution in [0, 0.1) is 0 Å². The van der Waals surface area contributed by atoms with Gasteiger partial charge >= 0.3 is 6.03 Å². The summed E-state index contributed by atoms with van der Waals surface area (Å²) in [7, 11) is 0. The summed E-state index contributed by atoms with van der Waals surface area (Å²) in [5.41, 5.74) is 1.16. The normalized spacial score (nSPS) is 9.92. The number of urea groups is 1. The van der Waals surface area contributed by atoms with Crippen molar-refractivity contribution >= 4 is 46.5 Å². The second-order valence-corrected chi connectivity index (χ2v) is 5.96. The molecule has 0 atom stereocenters.